The summed E-state index contributed by atoms with van der Waals surface area (Å²) in [6.45, 7) is 14.8. The second-order valence-corrected chi connectivity index (χ2v) is 19.6. The molecular weight excluding hydrogens is 610 g/mol. The fraction of sp³-hybridized carbons (Fsp3) is 0.848. The van der Waals surface area contributed by atoms with E-state index in [2.05, 4.69) is 16.0 Å². The van der Waals surface area contributed by atoms with Crippen molar-refractivity contribution in [3.63, 3.8) is 0 Å². The lowest BCUT2D eigenvalue weighted by molar-refractivity contribution is -0.145. The van der Waals surface area contributed by atoms with Crippen molar-refractivity contribution in [1.82, 2.24) is 20.9 Å². The molecule has 1 saturated heterocycles. The summed E-state index contributed by atoms with van der Waals surface area (Å²) in [5.74, 6) is -3.32. The van der Waals surface area contributed by atoms with Crippen molar-refractivity contribution in [1.29, 1.82) is 0 Å². The van der Waals surface area contributed by atoms with Crippen molar-refractivity contribution in [3.8, 4) is 0 Å². The molecule has 0 aromatic heterocycles. The lowest BCUT2D eigenvalue weighted by Crippen LogP contribution is -2.64. The molecule has 0 bridgehead atoms. The highest BCUT2D eigenvalue weighted by Gasteiger charge is 2.70. The number of sulfone groups is 1. The van der Waals surface area contributed by atoms with Crippen molar-refractivity contribution >= 4 is 39.4 Å². The molecule has 260 valence electrons. The largest absolute Gasteiger partial charge is 0.363 e. The monoisotopic (exact) mass is 665 g/mol. The Morgan fingerprint density at radius 1 is 0.913 bits per heavy atom. The van der Waals surface area contributed by atoms with Gasteiger partial charge in [-0.25, -0.2) is 13.2 Å². The Hall–Kier alpha value is -2.70. The number of Topliss-reactive ketones (excluding diaryl/α,β-unsaturated/α-hetero) is 1. The van der Waals surface area contributed by atoms with Gasteiger partial charge in [-0.15, -0.1) is 0 Å². The molecule has 4 rings (SSSR count). The zero-order valence-corrected chi connectivity index (χ0v) is 29.6. The van der Waals surface area contributed by atoms with Gasteiger partial charge in [0.1, 0.15) is 18.1 Å². The lowest BCUT2D eigenvalue weighted by atomic mass is 9.78. The smallest absolute Gasteiger partial charge is 0.315 e. The number of nitrogens with two attached hydrogens (primary N) is 1. The molecule has 5 atom stereocenters. The lowest BCUT2D eigenvalue weighted by Gasteiger charge is -2.41. The fourth-order valence-corrected chi connectivity index (χ4v) is 9.23. The molecule has 0 spiro atoms. The number of ketones is 1. The van der Waals surface area contributed by atoms with Gasteiger partial charge in [-0.1, -0.05) is 60.3 Å². The van der Waals surface area contributed by atoms with Crippen molar-refractivity contribution in [2.75, 3.05) is 12.3 Å². The fourth-order valence-electron chi connectivity index (χ4n) is 7.71. The first-order valence-corrected chi connectivity index (χ1v) is 18.4. The van der Waals surface area contributed by atoms with Crippen LogP contribution in [-0.4, -0.2) is 83.6 Å². The molecule has 13 heteroatoms. The molecule has 0 aromatic rings. The van der Waals surface area contributed by atoms with Gasteiger partial charge in [0.15, 0.2) is 9.84 Å². The van der Waals surface area contributed by atoms with Crippen LogP contribution in [0.3, 0.4) is 0 Å². The van der Waals surface area contributed by atoms with Gasteiger partial charge in [0.2, 0.25) is 17.6 Å². The van der Waals surface area contributed by atoms with E-state index in [0.29, 0.717) is 32.2 Å². The van der Waals surface area contributed by atoms with Gasteiger partial charge in [-0.05, 0) is 75.0 Å². The first kappa shape index (κ1) is 36.1. The van der Waals surface area contributed by atoms with E-state index >= 15 is 0 Å². The summed E-state index contributed by atoms with van der Waals surface area (Å²) < 4.78 is 25.5. The van der Waals surface area contributed by atoms with Gasteiger partial charge in [-0.2, -0.15) is 0 Å². The van der Waals surface area contributed by atoms with Crippen LogP contribution >= 0.6 is 0 Å². The van der Waals surface area contributed by atoms with Crippen LogP contribution in [0.15, 0.2) is 0 Å². The van der Waals surface area contributed by atoms with Gasteiger partial charge >= 0.3 is 6.03 Å². The predicted octanol–water partition coefficient (Wildman–Crippen LogP) is 2.44. The zero-order valence-electron chi connectivity index (χ0n) is 28.8. The average Bonchev–Trinajstić information content (AvgIpc) is 3.21. The van der Waals surface area contributed by atoms with Crippen LogP contribution in [0.5, 0.6) is 0 Å². The van der Waals surface area contributed by atoms with Crippen LogP contribution in [0.4, 0.5) is 4.79 Å². The van der Waals surface area contributed by atoms with E-state index in [1.807, 2.05) is 34.6 Å². The van der Waals surface area contributed by atoms with Crippen molar-refractivity contribution in [3.05, 3.63) is 0 Å². The van der Waals surface area contributed by atoms with Crippen molar-refractivity contribution < 1.29 is 32.4 Å². The number of urea groups is 1. The highest BCUT2D eigenvalue weighted by atomic mass is 32.2. The van der Waals surface area contributed by atoms with Crippen LogP contribution in [0, 0.1) is 28.6 Å². The second kappa shape index (κ2) is 12.4. The minimum atomic E-state index is -3.56. The normalized spacial score (nSPS) is 27.0. The van der Waals surface area contributed by atoms with Gasteiger partial charge in [0, 0.05) is 6.54 Å². The molecule has 0 aromatic carbocycles. The summed E-state index contributed by atoms with van der Waals surface area (Å²) >= 11 is 0. The third kappa shape index (κ3) is 7.08. The number of carbonyl (C=O) groups is 5. The highest BCUT2D eigenvalue weighted by Crippen LogP contribution is 2.65. The van der Waals surface area contributed by atoms with Gasteiger partial charge in [0.25, 0.3) is 5.91 Å². The second-order valence-electron chi connectivity index (χ2n) is 16.9. The molecule has 2 unspecified atom stereocenters. The molecule has 4 aliphatic rings. The molecule has 0 radical (unpaired) electrons. The molecular formula is C33H55N5O7S. The highest BCUT2D eigenvalue weighted by molar-refractivity contribution is 7.92. The maximum absolute atomic E-state index is 14.3. The van der Waals surface area contributed by atoms with Crippen molar-refractivity contribution in [2.45, 2.75) is 135 Å². The van der Waals surface area contributed by atoms with Crippen LogP contribution < -0.4 is 21.7 Å². The summed E-state index contributed by atoms with van der Waals surface area (Å²) in [5.41, 5.74) is 3.40. The minimum absolute atomic E-state index is 0.0590. The number of likely N-dealkylation sites (tertiary alicyclic amines) is 1. The van der Waals surface area contributed by atoms with Crippen molar-refractivity contribution in [2.24, 2.45) is 34.3 Å². The number of fused-ring (bicyclic) bond motifs is 1. The standard InChI is InChI=1S/C33H55N5O7S/c1-30(2,3)25(36-29(43)37-33(15-10-9-11-16-33)18-46(44,45)31(4,5)6)28(42)38-17-20-21(32(20,7)8)23(38)27(41)35-22(19-13-12-14-19)24(39)26(34)40/h19-23,25H,9-18H2,1-8H3,(H2,34,40)(H,35,41)(H2,36,37,43)/t20-,21-,22?,23?,25+/m0/s1. The Balaban J connectivity index is 1.56. The third-order valence-electron chi connectivity index (χ3n) is 11.2. The van der Waals surface area contributed by atoms with E-state index in [0.717, 1.165) is 25.7 Å². The molecule has 5 N–H and O–H groups in total. The summed E-state index contributed by atoms with van der Waals surface area (Å²) in [7, 11) is -3.56. The molecule has 1 aliphatic heterocycles. The number of amides is 5. The molecule has 3 saturated carbocycles. The molecule has 46 heavy (non-hydrogen) atoms. The van der Waals surface area contributed by atoms with Crippen LogP contribution in [0.2, 0.25) is 0 Å². The number of hydrogen-bond donors (Lipinski definition) is 4. The van der Waals surface area contributed by atoms with E-state index in [9.17, 15) is 32.4 Å². The van der Waals surface area contributed by atoms with Crippen LogP contribution in [0.1, 0.15) is 107 Å². The predicted molar refractivity (Wildman–Crippen MR) is 174 cm³/mol. The number of hydrogen-bond acceptors (Lipinski definition) is 7. The molecule has 5 amide bonds. The molecule has 3 aliphatic carbocycles. The third-order valence-corrected chi connectivity index (χ3v) is 14.0. The molecule has 1 heterocycles. The number of nitrogens with zero attached hydrogens (tertiary/aromatic N) is 1. The number of primary amides is 1. The maximum Gasteiger partial charge on any atom is 0.315 e. The summed E-state index contributed by atoms with van der Waals surface area (Å²) in [6, 6.07) is -3.57. The zero-order chi connectivity index (χ0) is 34.6. The maximum atomic E-state index is 14.3. The Kier molecular flexibility index (Phi) is 9.74. The first-order valence-electron chi connectivity index (χ1n) is 16.8. The van der Waals surface area contributed by atoms with Crippen LogP contribution in [-0.2, 0) is 29.0 Å². The Morgan fingerprint density at radius 2 is 1.50 bits per heavy atom. The first-order chi connectivity index (χ1) is 21.0. The number of rotatable bonds is 10. The molecule has 4 fully saturated rings. The van der Waals surface area contributed by atoms with E-state index in [1.165, 1.54) is 4.90 Å². The quantitative estimate of drug-likeness (QED) is 0.258. The van der Waals surface area contributed by atoms with Crippen LogP contribution in [0.25, 0.3) is 0 Å². The number of piperidine rings is 1. The topological polar surface area (TPSA) is 185 Å². The van der Waals surface area contributed by atoms with E-state index < -0.39 is 73.2 Å². The summed E-state index contributed by atoms with van der Waals surface area (Å²) in [5, 5.41) is 8.65. The SMILES string of the molecule is CC(C)(C)[C@H](NC(=O)NC1(CS(=O)(=O)C(C)(C)C)CCCCC1)C(=O)N1C[C@H]2[C@@H](C1C(=O)NC(C(=O)C(N)=O)C1CCC1)C2(C)C. The van der Waals surface area contributed by atoms with Gasteiger partial charge in [0.05, 0.1) is 16.0 Å². The summed E-state index contributed by atoms with van der Waals surface area (Å²) in [4.78, 5) is 67.9. The Bertz CT molecular complexity index is 1350. The Morgan fingerprint density at radius 3 is 1.98 bits per heavy atom. The Labute approximate surface area is 274 Å². The minimum Gasteiger partial charge on any atom is -0.363 e. The van der Waals surface area contributed by atoms with E-state index in [1.54, 1.807) is 20.8 Å². The van der Waals surface area contributed by atoms with E-state index in [4.69, 9.17) is 5.73 Å². The molecule has 12 nitrogen and oxygen atoms in total. The van der Waals surface area contributed by atoms with E-state index in [-0.39, 0.29) is 28.9 Å². The summed E-state index contributed by atoms with van der Waals surface area (Å²) in [6.07, 6.45) is 5.82. The average molecular weight is 666 g/mol. The number of nitrogens with one attached hydrogen (secondary N) is 3. The van der Waals surface area contributed by atoms with Gasteiger partial charge in [-0.3, -0.25) is 19.2 Å². The van der Waals surface area contributed by atoms with Gasteiger partial charge < -0.3 is 26.6 Å². The number of carbonyl (C=O) groups excluding carboxylic acids is 5.